The van der Waals surface area contributed by atoms with Crippen molar-refractivity contribution in [2.45, 2.75) is 6.43 Å². The third kappa shape index (κ3) is 2.13. The molecule has 0 atom stereocenters. The van der Waals surface area contributed by atoms with Crippen molar-refractivity contribution < 1.29 is 8.78 Å². The van der Waals surface area contributed by atoms with Gasteiger partial charge in [0.25, 0.3) is 6.43 Å². The normalized spacial score (nSPS) is 11.0. The quantitative estimate of drug-likeness (QED) is 0.823. The number of alkyl halides is 2. The SMILES string of the molecule is Cn1ccc(-c2cc(C(F)F)[nH]c(=S)n2)n1. The number of nitrogens with zero attached hydrogens (tertiary/aromatic N) is 3. The van der Waals surface area contributed by atoms with Crippen LogP contribution in [-0.4, -0.2) is 19.7 Å². The van der Waals surface area contributed by atoms with Gasteiger partial charge in [-0.15, -0.1) is 0 Å². The lowest BCUT2D eigenvalue weighted by atomic mass is 10.2. The Labute approximate surface area is 95.0 Å². The topological polar surface area (TPSA) is 46.5 Å². The van der Waals surface area contributed by atoms with Gasteiger partial charge in [0.1, 0.15) is 5.69 Å². The highest BCUT2D eigenvalue weighted by Gasteiger charge is 2.11. The van der Waals surface area contributed by atoms with E-state index in [1.165, 1.54) is 6.07 Å². The van der Waals surface area contributed by atoms with Gasteiger partial charge in [-0.1, -0.05) is 0 Å². The minimum atomic E-state index is -2.60. The van der Waals surface area contributed by atoms with Crippen LogP contribution in [0.2, 0.25) is 0 Å². The molecule has 0 bridgehead atoms. The summed E-state index contributed by atoms with van der Waals surface area (Å²) in [6, 6.07) is 2.94. The Balaban J connectivity index is 2.53. The van der Waals surface area contributed by atoms with Crippen molar-refractivity contribution >= 4 is 12.2 Å². The summed E-state index contributed by atoms with van der Waals surface area (Å²) in [7, 11) is 1.74. The molecule has 2 rings (SSSR count). The second kappa shape index (κ2) is 4.09. The van der Waals surface area contributed by atoms with Gasteiger partial charge in [0.05, 0.1) is 11.4 Å². The van der Waals surface area contributed by atoms with Crippen LogP contribution in [0.15, 0.2) is 18.3 Å². The summed E-state index contributed by atoms with van der Waals surface area (Å²) in [6.45, 7) is 0. The van der Waals surface area contributed by atoms with Gasteiger partial charge in [-0.2, -0.15) is 5.10 Å². The summed E-state index contributed by atoms with van der Waals surface area (Å²) in [5, 5.41) is 4.07. The Morgan fingerprint density at radius 2 is 2.19 bits per heavy atom. The minimum Gasteiger partial charge on any atom is -0.329 e. The zero-order valence-corrected chi connectivity index (χ0v) is 9.13. The van der Waals surface area contributed by atoms with Crippen molar-refractivity contribution in [3.8, 4) is 11.4 Å². The molecule has 0 aliphatic heterocycles. The van der Waals surface area contributed by atoms with E-state index in [-0.39, 0.29) is 10.5 Å². The van der Waals surface area contributed by atoms with Crippen LogP contribution in [0, 0.1) is 4.77 Å². The van der Waals surface area contributed by atoms with Gasteiger partial charge in [-0.3, -0.25) is 4.68 Å². The Kier molecular flexibility index (Phi) is 2.78. The highest BCUT2D eigenvalue weighted by Crippen LogP contribution is 2.21. The molecule has 2 aromatic heterocycles. The zero-order valence-electron chi connectivity index (χ0n) is 8.32. The lowest BCUT2D eigenvalue weighted by Gasteiger charge is -2.01. The lowest BCUT2D eigenvalue weighted by molar-refractivity contribution is 0.146. The van der Waals surface area contributed by atoms with Crippen molar-refractivity contribution in [1.29, 1.82) is 0 Å². The van der Waals surface area contributed by atoms with Crippen molar-refractivity contribution in [3.05, 3.63) is 28.8 Å². The maximum absolute atomic E-state index is 12.5. The van der Waals surface area contributed by atoms with E-state index in [2.05, 4.69) is 15.1 Å². The molecule has 4 nitrogen and oxygen atoms in total. The number of H-pyrrole nitrogens is 1. The molecule has 0 spiro atoms. The van der Waals surface area contributed by atoms with Gasteiger partial charge in [-0.05, 0) is 24.4 Å². The molecule has 0 fully saturated rings. The van der Waals surface area contributed by atoms with Crippen molar-refractivity contribution in [2.24, 2.45) is 7.05 Å². The molecule has 0 unspecified atom stereocenters. The molecule has 0 aliphatic carbocycles. The maximum atomic E-state index is 12.5. The summed E-state index contributed by atoms with van der Waals surface area (Å²) < 4.78 is 26.6. The van der Waals surface area contributed by atoms with E-state index in [1.54, 1.807) is 24.0 Å². The van der Waals surface area contributed by atoms with E-state index in [0.29, 0.717) is 11.4 Å². The first-order chi connectivity index (χ1) is 7.56. The molecule has 1 N–H and O–H groups in total. The van der Waals surface area contributed by atoms with Crippen LogP contribution in [0.25, 0.3) is 11.4 Å². The summed E-state index contributed by atoms with van der Waals surface area (Å²) in [5.74, 6) is 0. The number of nitrogens with one attached hydrogen (secondary N) is 1. The van der Waals surface area contributed by atoms with Crippen LogP contribution in [0.5, 0.6) is 0 Å². The Morgan fingerprint density at radius 1 is 1.44 bits per heavy atom. The molecule has 16 heavy (non-hydrogen) atoms. The number of halogens is 2. The van der Waals surface area contributed by atoms with Gasteiger partial charge in [0.15, 0.2) is 4.77 Å². The molecule has 0 amide bonds. The van der Waals surface area contributed by atoms with Crippen molar-refractivity contribution in [1.82, 2.24) is 19.7 Å². The predicted octanol–water partition coefficient (Wildman–Crippen LogP) is 2.48. The number of hydrogen-bond donors (Lipinski definition) is 1. The number of aromatic nitrogens is 4. The molecular weight excluding hydrogens is 234 g/mol. The molecule has 2 aromatic rings. The zero-order chi connectivity index (χ0) is 11.7. The van der Waals surface area contributed by atoms with Crippen LogP contribution in [0.3, 0.4) is 0 Å². The van der Waals surface area contributed by atoms with E-state index in [9.17, 15) is 8.78 Å². The molecule has 0 saturated heterocycles. The van der Waals surface area contributed by atoms with Crippen LogP contribution >= 0.6 is 12.2 Å². The number of aromatic amines is 1. The fraction of sp³-hybridized carbons (Fsp3) is 0.222. The first-order valence-corrected chi connectivity index (χ1v) is 4.86. The number of hydrogen-bond acceptors (Lipinski definition) is 3. The monoisotopic (exact) mass is 242 g/mol. The van der Waals surface area contributed by atoms with Crippen molar-refractivity contribution in [2.75, 3.05) is 0 Å². The van der Waals surface area contributed by atoms with E-state index >= 15 is 0 Å². The van der Waals surface area contributed by atoms with Gasteiger partial charge in [-0.25, -0.2) is 13.8 Å². The molecule has 0 radical (unpaired) electrons. The highest BCUT2D eigenvalue weighted by atomic mass is 32.1. The van der Waals surface area contributed by atoms with E-state index < -0.39 is 6.43 Å². The highest BCUT2D eigenvalue weighted by molar-refractivity contribution is 7.71. The second-order valence-corrected chi connectivity index (χ2v) is 3.59. The van der Waals surface area contributed by atoms with Crippen LogP contribution < -0.4 is 0 Å². The van der Waals surface area contributed by atoms with E-state index in [4.69, 9.17) is 12.2 Å². The molecule has 0 saturated carbocycles. The Morgan fingerprint density at radius 3 is 2.75 bits per heavy atom. The smallest absolute Gasteiger partial charge is 0.278 e. The first-order valence-electron chi connectivity index (χ1n) is 4.45. The van der Waals surface area contributed by atoms with Crippen LogP contribution in [0.4, 0.5) is 8.78 Å². The number of aryl methyl sites for hydroxylation is 1. The predicted molar refractivity (Wildman–Crippen MR) is 56.6 cm³/mol. The summed E-state index contributed by atoms with van der Waals surface area (Å²) >= 11 is 4.78. The average Bonchev–Trinajstić information content (AvgIpc) is 2.64. The molecule has 7 heteroatoms. The summed E-state index contributed by atoms with van der Waals surface area (Å²) in [4.78, 5) is 6.29. The molecular formula is C9H8F2N4S. The number of rotatable bonds is 2. The third-order valence-corrected chi connectivity index (χ3v) is 2.17. The summed E-state index contributed by atoms with van der Waals surface area (Å²) in [5.41, 5.74) is 0.616. The molecule has 0 aliphatic rings. The fourth-order valence-corrected chi connectivity index (χ4v) is 1.49. The fourth-order valence-electron chi connectivity index (χ4n) is 1.28. The van der Waals surface area contributed by atoms with Gasteiger partial charge >= 0.3 is 0 Å². The van der Waals surface area contributed by atoms with Gasteiger partial charge < -0.3 is 4.98 Å². The lowest BCUT2D eigenvalue weighted by Crippen LogP contribution is -1.96. The standard InChI is InChI=1S/C9H8F2N4S/c1-15-3-2-5(14-15)6-4-7(8(10)11)13-9(16)12-6/h2-4,8H,1H3,(H,12,13,16). The van der Waals surface area contributed by atoms with E-state index in [0.717, 1.165) is 0 Å². The van der Waals surface area contributed by atoms with Crippen LogP contribution in [-0.2, 0) is 7.05 Å². The van der Waals surface area contributed by atoms with Crippen LogP contribution in [0.1, 0.15) is 12.1 Å². The van der Waals surface area contributed by atoms with Gasteiger partial charge in [0, 0.05) is 13.2 Å². The van der Waals surface area contributed by atoms with Crippen molar-refractivity contribution in [3.63, 3.8) is 0 Å². The molecule has 0 aromatic carbocycles. The summed E-state index contributed by atoms with van der Waals surface area (Å²) in [6.07, 6.45) is -0.897. The molecule has 84 valence electrons. The van der Waals surface area contributed by atoms with Gasteiger partial charge in [0.2, 0.25) is 0 Å². The largest absolute Gasteiger partial charge is 0.329 e. The maximum Gasteiger partial charge on any atom is 0.278 e. The minimum absolute atomic E-state index is 0.0263. The first kappa shape index (κ1) is 10.9. The second-order valence-electron chi connectivity index (χ2n) is 3.20. The Bertz CT molecular complexity index is 561. The third-order valence-electron chi connectivity index (χ3n) is 1.98. The Hall–Kier alpha value is -1.63. The average molecular weight is 242 g/mol. The van der Waals surface area contributed by atoms with E-state index in [1.807, 2.05) is 0 Å². The molecule has 2 heterocycles.